The van der Waals surface area contributed by atoms with Crippen molar-refractivity contribution in [2.75, 3.05) is 0 Å². The fourth-order valence-corrected chi connectivity index (χ4v) is 5.96. The largest absolute Gasteiger partial charge is 0.416 e. The zero-order chi connectivity index (χ0) is 24.0. The van der Waals surface area contributed by atoms with Gasteiger partial charge in [0, 0.05) is 21.2 Å². The predicted molar refractivity (Wildman–Crippen MR) is 130 cm³/mol. The number of rotatable bonds is 3. The van der Waals surface area contributed by atoms with Crippen molar-refractivity contribution in [2.45, 2.75) is 31.9 Å². The molecule has 3 nitrogen and oxygen atoms in total. The van der Waals surface area contributed by atoms with Gasteiger partial charge in [0.05, 0.1) is 33.6 Å². The van der Waals surface area contributed by atoms with Crippen LogP contribution in [0.5, 0.6) is 0 Å². The maximum absolute atomic E-state index is 13.3. The molecule has 172 valence electrons. The molecule has 0 spiro atoms. The number of hydrogen-bond donors (Lipinski definition) is 0. The summed E-state index contributed by atoms with van der Waals surface area (Å²) in [7, 11) is 0. The van der Waals surface area contributed by atoms with Crippen LogP contribution in [0.3, 0.4) is 0 Å². The highest BCUT2D eigenvalue weighted by Crippen LogP contribution is 2.39. The van der Waals surface area contributed by atoms with Gasteiger partial charge in [-0.25, -0.2) is 4.98 Å². The van der Waals surface area contributed by atoms with Crippen LogP contribution in [0.4, 0.5) is 13.2 Å². The highest BCUT2D eigenvalue weighted by Gasteiger charge is 2.31. The molecule has 2 heterocycles. The molecule has 5 rings (SSSR count). The second-order valence-electron chi connectivity index (χ2n) is 8.02. The highest BCUT2D eigenvalue weighted by atomic mass is 35.5. The summed E-state index contributed by atoms with van der Waals surface area (Å²) in [5.41, 5.74) is 2.42. The van der Waals surface area contributed by atoms with Crippen LogP contribution in [-0.2, 0) is 19.0 Å². The molecule has 0 atom stereocenters. The molecule has 0 saturated carbocycles. The van der Waals surface area contributed by atoms with E-state index in [9.17, 15) is 18.4 Å². The molecule has 0 unspecified atom stereocenters. The third kappa shape index (κ3) is 4.11. The smallest absolute Gasteiger partial charge is 0.287 e. The second-order valence-corrected chi connectivity index (χ2v) is 9.92. The summed E-state index contributed by atoms with van der Waals surface area (Å²) in [5, 5.41) is 10.8. The summed E-state index contributed by atoms with van der Waals surface area (Å²) in [5.74, 6) is 0. The van der Waals surface area contributed by atoms with E-state index in [1.54, 1.807) is 35.6 Å². The van der Waals surface area contributed by atoms with Gasteiger partial charge in [0.15, 0.2) is 4.96 Å². The van der Waals surface area contributed by atoms with Crippen LogP contribution in [0, 0.1) is 11.3 Å². The maximum atomic E-state index is 13.3. The average Bonchev–Trinajstić information content (AvgIpc) is 3.33. The monoisotopic (exact) mass is 517 g/mol. The van der Waals surface area contributed by atoms with Gasteiger partial charge in [0.1, 0.15) is 0 Å². The van der Waals surface area contributed by atoms with Gasteiger partial charge in [-0.05, 0) is 67.7 Å². The van der Waals surface area contributed by atoms with E-state index >= 15 is 0 Å². The number of halogens is 5. The van der Waals surface area contributed by atoms with E-state index in [0.29, 0.717) is 27.0 Å². The first-order valence-corrected chi connectivity index (χ1v) is 12.1. The topological polar surface area (TPSA) is 41.1 Å². The lowest BCUT2D eigenvalue weighted by Crippen LogP contribution is -2.05. The minimum Gasteiger partial charge on any atom is -0.287 e. The molecule has 0 bridgehead atoms. The molecule has 9 heteroatoms. The third-order valence-corrected chi connectivity index (χ3v) is 7.54. The van der Waals surface area contributed by atoms with Gasteiger partial charge in [-0.15, -0.1) is 11.3 Å². The Morgan fingerprint density at radius 1 is 1.12 bits per heavy atom. The Balaban J connectivity index is 1.76. The molecule has 1 aliphatic rings. The van der Waals surface area contributed by atoms with E-state index in [-0.39, 0.29) is 11.1 Å². The van der Waals surface area contributed by atoms with Crippen LogP contribution in [0.1, 0.15) is 40.2 Å². The fraction of sp³-hybridized carbons (Fsp3) is 0.200. The summed E-state index contributed by atoms with van der Waals surface area (Å²) >= 11 is 14.2. The molecule has 34 heavy (non-hydrogen) atoms. The summed E-state index contributed by atoms with van der Waals surface area (Å²) < 4.78 is 41.9. The normalized spacial score (nSPS) is 14.3. The number of imidazole rings is 1. The minimum atomic E-state index is -4.51. The SMILES string of the molecule is N#CC(=Cc1c(-c2ccc(Cl)cc2Cl)nc2sc3c(n12)CCCC3)c1cccc(C(F)(F)F)c1. The van der Waals surface area contributed by atoms with Gasteiger partial charge in [0.25, 0.3) is 0 Å². The van der Waals surface area contributed by atoms with E-state index < -0.39 is 11.7 Å². The predicted octanol–water partition coefficient (Wildman–Crippen LogP) is 8.33. The quantitative estimate of drug-likeness (QED) is 0.256. The molecule has 2 aromatic heterocycles. The van der Waals surface area contributed by atoms with Crippen LogP contribution < -0.4 is 0 Å². The van der Waals surface area contributed by atoms with Gasteiger partial charge in [0.2, 0.25) is 0 Å². The summed E-state index contributed by atoms with van der Waals surface area (Å²) in [4.78, 5) is 6.85. The van der Waals surface area contributed by atoms with Crippen LogP contribution >= 0.6 is 34.5 Å². The van der Waals surface area contributed by atoms with Gasteiger partial charge in [-0.2, -0.15) is 18.4 Å². The van der Waals surface area contributed by atoms with Crippen molar-refractivity contribution in [3.05, 3.63) is 79.9 Å². The van der Waals surface area contributed by atoms with Crippen LogP contribution in [0.25, 0.3) is 27.9 Å². The molecule has 0 amide bonds. The van der Waals surface area contributed by atoms with Crippen molar-refractivity contribution in [1.82, 2.24) is 9.38 Å². The van der Waals surface area contributed by atoms with Gasteiger partial charge < -0.3 is 0 Å². The van der Waals surface area contributed by atoms with Crippen molar-refractivity contribution >= 4 is 51.1 Å². The molecule has 0 fully saturated rings. The molecule has 4 aromatic rings. The van der Waals surface area contributed by atoms with Gasteiger partial charge in [-0.1, -0.05) is 35.3 Å². The van der Waals surface area contributed by atoms with Crippen molar-refractivity contribution in [3.8, 4) is 17.3 Å². The number of benzene rings is 2. The van der Waals surface area contributed by atoms with E-state index in [2.05, 4.69) is 6.07 Å². The molecule has 2 aromatic carbocycles. The number of aromatic nitrogens is 2. The Labute approximate surface area is 207 Å². The minimum absolute atomic E-state index is 0.106. The van der Waals surface area contributed by atoms with E-state index in [4.69, 9.17) is 28.2 Å². The summed E-state index contributed by atoms with van der Waals surface area (Å²) in [6, 6.07) is 11.9. The van der Waals surface area contributed by atoms with Crippen LogP contribution in [-0.4, -0.2) is 9.38 Å². The van der Waals surface area contributed by atoms with Crippen molar-refractivity contribution in [2.24, 2.45) is 0 Å². The van der Waals surface area contributed by atoms with Crippen molar-refractivity contribution < 1.29 is 13.2 Å². The number of thiazole rings is 1. The molecular formula is C25H16Cl2F3N3S. The maximum Gasteiger partial charge on any atom is 0.416 e. The number of nitriles is 1. The average molecular weight is 518 g/mol. The first-order chi connectivity index (χ1) is 16.3. The van der Waals surface area contributed by atoms with Crippen molar-refractivity contribution in [1.29, 1.82) is 5.26 Å². The lowest BCUT2D eigenvalue weighted by atomic mass is 10.0. The molecule has 0 N–H and O–H groups in total. The number of aryl methyl sites for hydroxylation is 2. The zero-order valence-electron chi connectivity index (χ0n) is 17.6. The molecule has 0 aliphatic heterocycles. The Hall–Kier alpha value is -2.79. The van der Waals surface area contributed by atoms with Crippen molar-refractivity contribution in [3.63, 3.8) is 0 Å². The number of alkyl halides is 3. The Morgan fingerprint density at radius 3 is 2.65 bits per heavy atom. The first-order valence-electron chi connectivity index (χ1n) is 10.5. The second kappa shape index (κ2) is 8.77. The lowest BCUT2D eigenvalue weighted by Gasteiger charge is -2.12. The molecule has 0 radical (unpaired) electrons. The summed E-state index contributed by atoms with van der Waals surface area (Å²) in [6.07, 6.45) is 1.07. The molecule has 1 aliphatic carbocycles. The Bertz CT molecular complexity index is 1490. The van der Waals surface area contributed by atoms with E-state index in [1.165, 1.54) is 17.0 Å². The fourth-order valence-electron chi connectivity index (χ4n) is 4.25. The van der Waals surface area contributed by atoms with E-state index in [0.717, 1.165) is 48.5 Å². The Morgan fingerprint density at radius 2 is 1.91 bits per heavy atom. The number of fused-ring (bicyclic) bond motifs is 3. The molecular weight excluding hydrogens is 502 g/mol. The highest BCUT2D eigenvalue weighted by molar-refractivity contribution is 7.17. The van der Waals surface area contributed by atoms with Crippen LogP contribution in [0.2, 0.25) is 10.0 Å². The van der Waals surface area contributed by atoms with Gasteiger partial charge >= 0.3 is 6.18 Å². The standard InChI is InChI=1S/C25H16Cl2F3N3S/c26-17-8-9-18(19(27)12-17)23-21(33-20-6-1-2-7-22(20)34-24(33)32-23)11-15(13-31)14-4-3-5-16(10-14)25(28,29)30/h3-5,8-12H,1-2,6-7H2. The molecule has 0 saturated heterocycles. The number of hydrogen-bond acceptors (Lipinski definition) is 3. The number of nitrogens with zero attached hydrogens (tertiary/aromatic N) is 3. The first kappa shape index (κ1) is 23.0. The Kier molecular flexibility index (Phi) is 5.93. The zero-order valence-corrected chi connectivity index (χ0v) is 19.9. The number of allylic oxidation sites excluding steroid dienone is 1. The lowest BCUT2D eigenvalue weighted by molar-refractivity contribution is -0.137. The third-order valence-electron chi connectivity index (χ3n) is 5.84. The van der Waals surface area contributed by atoms with Crippen LogP contribution in [0.15, 0.2) is 42.5 Å². The summed E-state index contributed by atoms with van der Waals surface area (Å²) in [6.45, 7) is 0. The van der Waals surface area contributed by atoms with E-state index in [1.807, 2.05) is 4.40 Å². The van der Waals surface area contributed by atoms with Gasteiger partial charge in [-0.3, -0.25) is 4.40 Å².